The van der Waals surface area contributed by atoms with Crippen LogP contribution in [0.25, 0.3) is 0 Å². The molecule has 2 N–H and O–H groups in total. The van der Waals surface area contributed by atoms with E-state index in [0.717, 1.165) is 11.1 Å². The molecule has 38 heavy (non-hydrogen) atoms. The molecule has 0 atom stereocenters. The molecule has 0 aliphatic carbocycles. The van der Waals surface area contributed by atoms with Gasteiger partial charge in [-0.2, -0.15) is 10.5 Å². The summed E-state index contributed by atoms with van der Waals surface area (Å²) in [6.45, 7) is 0.467. The van der Waals surface area contributed by atoms with Crippen LogP contribution in [0.15, 0.2) is 84.9 Å². The Hall–Kier alpha value is -4.76. The number of benzene rings is 4. The van der Waals surface area contributed by atoms with Gasteiger partial charge >= 0.3 is 0 Å². The van der Waals surface area contributed by atoms with E-state index in [0.29, 0.717) is 39.9 Å². The van der Waals surface area contributed by atoms with E-state index in [-0.39, 0.29) is 17.3 Å². The Balaban J connectivity index is 0.000000212. The Morgan fingerprint density at radius 2 is 1.24 bits per heavy atom. The number of anilines is 1. The van der Waals surface area contributed by atoms with Crippen molar-refractivity contribution in [2.45, 2.75) is 13.2 Å². The van der Waals surface area contributed by atoms with Gasteiger partial charge in [0.2, 0.25) is 0 Å². The number of nitrogens with two attached hydrogens (primary N) is 1. The number of nitriles is 2. The monoisotopic (exact) mass is 546 g/mol. The van der Waals surface area contributed by atoms with E-state index in [9.17, 15) is 10.1 Å². The molecule has 4 aromatic rings. The van der Waals surface area contributed by atoms with Crippen molar-refractivity contribution in [3.63, 3.8) is 0 Å². The number of rotatable bonds is 7. The smallest absolute Gasteiger partial charge is 0.271 e. The molecular weight excluding hydrogens is 527 g/mol. The summed E-state index contributed by atoms with van der Waals surface area (Å²) in [7, 11) is 0. The van der Waals surface area contributed by atoms with E-state index in [4.69, 9.17) is 48.9 Å². The van der Waals surface area contributed by atoms with Crippen LogP contribution in [-0.4, -0.2) is 4.92 Å². The van der Waals surface area contributed by atoms with E-state index >= 15 is 0 Å². The van der Waals surface area contributed by atoms with Crippen LogP contribution in [0.1, 0.15) is 22.3 Å². The first-order valence-corrected chi connectivity index (χ1v) is 11.8. The Morgan fingerprint density at radius 1 is 0.763 bits per heavy atom. The molecule has 0 saturated carbocycles. The number of hydrogen-bond acceptors (Lipinski definition) is 7. The van der Waals surface area contributed by atoms with E-state index in [1.807, 2.05) is 18.2 Å². The van der Waals surface area contributed by atoms with Gasteiger partial charge in [-0.05, 0) is 36.4 Å². The Bertz CT molecular complexity index is 1530. The summed E-state index contributed by atoms with van der Waals surface area (Å²) in [5.41, 5.74) is 8.76. The second kappa shape index (κ2) is 13.5. The largest absolute Gasteiger partial charge is 0.487 e. The molecule has 0 radical (unpaired) electrons. The van der Waals surface area contributed by atoms with Crippen molar-refractivity contribution < 1.29 is 14.4 Å². The second-order valence-electron chi connectivity index (χ2n) is 7.68. The quantitative estimate of drug-likeness (QED) is 0.148. The zero-order chi connectivity index (χ0) is 27.5. The number of halogens is 2. The summed E-state index contributed by atoms with van der Waals surface area (Å²) in [6.07, 6.45) is 0. The van der Waals surface area contributed by atoms with Crippen molar-refractivity contribution in [3.05, 3.63) is 127 Å². The van der Waals surface area contributed by atoms with Gasteiger partial charge in [0.1, 0.15) is 24.7 Å². The maximum Gasteiger partial charge on any atom is 0.271 e. The van der Waals surface area contributed by atoms with Crippen LogP contribution >= 0.6 is 23.2 Å². The second-order valence-corrected chi connectivity index (χ2v) is 8.49. The fourth-order valence-corrected chi connectivity index (χ4v) is 3.65. The lowest BCUT2D eigenvalue weighted by molar-refractivity contribution is -0.384. The fraction of sp³-hybridized carbons (Fsp3) is 0.0714. The highest BCUT2D eigenvalue weighted by Crippen LogP contribution is 2.30. The lowest BCUT2D eigenvalue weighted by Gasteiger charge is -2.09. The van der Waals surface area contributed by atoms with Crippen LogP contribution in [-0.2, 0) is 13.2 Å². The van der Waals surface area contributed by atoms with Gasteiger partial charge in [0, 0.05) is 28.9 Å². The van der Waals surface area contributed by atoms with Crippen molar-refractivity contribution in [2.24, 2.45) is 0 Å². The van der Waals surface area contributed by atoms with E-state index in [1.54, 1.807) is 48.5 Å². The summed E-state index contributed by atoms with van der Waals surface area (Å²) in [4.78, 5) is 10.1. The molecule has 8 nitrogen and oxygen atoms in total. The van der Waals surface area contributed by atoms with Crippen LogP contribution in [0.3, 0.4) is 0 Å². The summed E-state index contributed by atoms with van der Waals surface area (Å²) in [6, 6.07) is 27.6. The average molecular weight is 547 g/mol. The normalized spacial score (nSPS) is 9.79. The summed E-state index contributed by atoms with van der Waals surface area (Å²) in [5.74, 6) is 0.892. The highest BCUT2D eigenvalue weighted by molar-refractivity contribution is 6.32. The van der Waals surface area contributed by atoms with E-state index < -0.39 is 4.92 Å². The van der Waals surface area contributed by atoms with Crippen molar-refractivity contribution in [3.8, 4) is 23.6 Å². The minimum Gasteiger partial charge on any atom is -0.487 e. The molecule has 0 saturated heterocycles. The molecule has 4 aromatic carbocycles. The number of hydrogen-bond donors (Lipinski definition) is 1. The molecule has 0 fully saturated rings. The highest BCUT2D eigenvalue weighted by atomic mass is 35.5. The minimum atomic E-state index is -0.527. The molecule has 0 amide bonds. The molecule has 0 aliphatic rings. The summed E-state index contributed by atoms with van der Waals surface area (Å²) in [5, 5.41) is 29.1. The third kappa shape index (κ3) is 7.62. The average Bonchev–Trinajstić information content (AvgIpc) is 2.92. The van der Waals surface area contributed by atoms with Gasteiger partial charge in [-0.15, -0.1) is 0 Å². The number of nitrogens with zero attached hydrogens (tertiary/aromatic N) is 3. The Kier molecular flexibility index (Phi) is 9.90. The van der Waals surface area contributed by atoms with Gasteiger partial charge in [0.25, 0.3) is 5.69 Å². The predicted molar refractivity (Wildman–Crippen MR) is 145 cm³/mol. The van der Waals surface area contributed by atoms with Crippen molar-refractivity contribution >= 4 is 34.6 Å². The van der Waals surface area contributed by atoms with Gasteiger partial charge in [-0.3, -0.25) is 10.1 Å². The molecule has 10 heteroatoms. The third-order valence-electron chi connectivity index (χ3n) is 5.12. The maximum absolute atomic E-state index is 10.6. The Morgan fingerprint density at radius 3 is 1.68 bits per heavy atom. The van der Waals surface area contributed by atoms with Crippen LogP contribution in [0.4, 0.5) is 11.4 Å². The first kappa shape index (κ1) is 27.8. The molecule has 0 unspecified atom stereocenters. The van der Waals surface area contributed by atoms with Gasteiger partial charge in [-0.25, -0.2) is 0 Å². The first-order valence-electron chi connectivity index (χ1n) is 11.0. The molecule has 0 bridgehead atoms. The lowest BCUT2D eigenvalue weighted by atomic mass is 10.1. The van der Waals surface area contributed by atoms with Gasteiger partial charge in [0.05, 0.1) is 38.2 Å². The molecule has 0 heterocycles. The van der Waals surface area contributed by atoms with Crippen LogP contribution < -0.4 is 15.2 Å². The summed E-state index contributed by atoms with van der Waals surface area (Å²) < 4.78 is 11.1. The standard InChI is InChI=1S/C14H9ClN2O3.C14H11ClN2O/c15-13-7-12(17(18)19)5-6-14(13)20-9-11-4-2-1-3-10(11)8-16;15-13-7-12(17)5-6-14(13)18-9-11-4-2-1-3-10(11)8-16/h1-7H,9H2;1-7H,9,17H2. The van der Waals surface area contributed by atoms with Gasteiger partial charge < -0.3 is 15.2 Å². The molecule has 0 aromatic heterocycles. The number of nitrogen functional groups attached to an aromatic ring is 1. The lowest BCUT2D eigenvalue weighted by Crippen LogP contribution is -1.99. The van der Waals surface area contributed by atoms with E-state index in [1.165, 1.54) is 18.2 Å². The number of ether oxygens (including phenoxy) is 2. The molecule has 0 aliphatic heterocycles. The number of nitro groups is 1. The molecule has 4 rings (SSSR count). The number of non-ortho nitro benzene ring substituents is 1. The number of nitro benzene ring substituents is 1. The molecular formula is C28H20Cl2N4O4. The first-order chi connectivity index (χ1) is 18.3. The van der Waals surface area contributed by atoms with Gasteiger partial charge in [-0.1, -0.05) is 59.6 Å². The van der Waals surface area contributed by atoms with Crippen molar-refractivity contribution in [1.82, 2.24) is 0 Å². The Labute approximate surface area is 229 Å². The zero-order valence-electron chi connectivity index (χ0n) is 19.8. The summed E-state index contributed by atoms with van der Waals surface area (Å²) >= 11 is 11.9. The predicted octanol–water partition coefficient (Wildman–Crippen LogP) is 7.07. The SMILES string of the molecule is N#Cc1ccccc1COc1ccc(N)cc1Cl.N#Cc1ccccc1COc1ccc([N+](=O)[O-])cc1Cl. The van der Waals surface area contributed by atoms with Crippen molar-refractivity contribution in [1.29, 1.82) is 10.5 Å². The molecule has 0 spiro atoms. The molecule has 190 valence electrons. The highest BCUT2D eigenvalue weighted by Gasteiger charge is 2.11. The van der Waals surface area contributed by atoms with Crippen LogP contribution in [0.5, 0.6) is 11.5 Å². The van der Waals surface area contributed by atoms with Crippen molar-refractivity contribution in [2.75, 3.05) is 5.73 Å². The fourth-order valence-electron chi connectivity index (χ4n) is 3.18. The van der Waals surface area contributed by atoms with Crippen LogP contribution in [0, 0.1) is 32.8 Å². The maximum atomic E-state index is 10.6. The van der Waals surface area contributed by atoms with Gasteiger partial charge in [0.15, 0.2) is 0 Å². The third-order valence-corrected chi connectivity index (χ3v) is 5.71. The van der Waals surface area contributed by atoms with Crippen LogP contribution in [0.2, 0.25) is 10.0 Å². The van der Waals surface area contributed by atoms with E-state index in [2.05, 4.69) is 12.1 Å². The topological polar surface area (TPSA) is 135 Å². The zero-order valence-corrected chi connectivity index (χ0v) is 21.3. The minimum absolute atomic E-state index is 0.0974.